The normalized spacial score (nSPS) is 23.5. The van der Waals surface area contributed by atoms with E-state index < -0.39 is 24.4 Å². The maximum absolute atomic E-state index is 9.51. The Hall–Kier alpha value is -3.19. The summed E-state index contributed by atoms with van der Waals surface area (Å²) in [6.45, 7) is 7.76. The van der Waals surface area contributed by atoms with Crippen LogP contribution in [-0.4, -0.2) is 37.1 Å². The predicted molar refractivity (Wildman–Crippen MR) is 147 cm³/mol. The van der Waals surface area contributed by atoms with Crippen molar-refractivity contribution >= 4 is 0 Å². The van der Waals surface area contributed by atoms with Crippen LogP contribution in [0.1, 0.15) is 37.5 Å². The molecular formula is C31H37N3O4. The summed E-state index contributed by atoms with van der Waals surface area (Å²) in [5, 5.41) is 4.20. The van der Waals surface area contributed by atoms with Crippen LogP contribution in [0.2, 0.25) is 0 Å². The molecule has 1 aliphatic rings. The van der Waals surface area contributed by atoms with Gasteiger partial charge < -0.3 is 18.9 Å². The molecule has 1 fully saturated rings. The van der Waals surface area contributed by atoms with E-state index in [1.54, 1.807) is 0 Å². The zero-order valence-corrected chi connectivity index (χ0v) is 22.4. The quantitative estimate of drug-likeness (QED) is 0.158. The topological polar surface area (TPSA) is 85.7 Å². The van der Waals surface area contributed by atoms with Gasteiger partial charge in [-0.05, 0) is 27.6 Å². The lowest BCUT2D eigenvalue weighted by molar-refractivity contribution is -0.244. The van der Waals surface area contributed by atoms with E-state index in [1.165, 1.54) is 0 Å². The largest absolute Gasteiger partial charge is 0.374 e. The third-order valence-corrected chi connectivity index (χ3v) is 6.66. The van der Waals surface area contributed by atoms with Crippen molar-refractivity contribution in [3.8, 4) is 0 Å². The standard InChI is InChI=1S/C31H37N3O4/c1-31(2,3)30-27(33-34-32)29(37-21-25-17-11-6-12-18-25)28(36-20-24-15-9-5-10-16-24)26(38-30)22-35-19-23-13-7-4-8-14-23/h4-18,26-30H,19-22H2,1-3H3/t26?,27?,28-,29?,30+/m1/s1. The van der Waals surface area contributed by atoms with Crippen LogP contribution in [0.4, 0.5) is 0 Å². The van der Waals surface area contributed by atoms with Crippen LogP contribution in [-0.2, 0) is 38.8 Å². The molecule has 3 aromatic rings. The molecule has 7 heteroatoms. The molecule has 7 nitrogen and oxygen atoms in total. The van der Waals surface area contributed by atoms with Gasteiger partial charge in [0.1, 0.15) is 12.2 Å². The van der Waals surface area contributed by atoms with Crippen LogP contribution in [0.15, 0.2) is 96.1 Å². The van der Waals surface area contributed by atoms with Crippen molar-refractivity contribution in [2.24, 2.45) is 10.5 Å². The Bertz CT molecular complexity index is 1150. The molecule has 38 heavy (non-hydrogen) atoms. The second-order valence-electron chi connectivity index (χ2n) is 10.7. The molecule has 1 saturated heterocycles. The van der Waals surface area contributed by atoms with Crippen LogP contribution in [0.5, 0.6) is 0 Å². The van der Waals surface area contributed by atoms with Crippen molar-refractivity contribution in [1.29, 1.82) is 0 Å². The summed E-state index contributed by atoms with van der Waals surface area (Å²) in [4.78, 5) is 3.19. The number of hydrogen-bond acceptors (Lipinski definition) is 5. The third-order valence-electron chi connectivity index (χ3n) is 6.66. The van der Waals surface area contributed by atoms with Gasteiger partial charge in [0.25, 0.3) is 0 Å². The summed E-state index contributed by atoms with van der Waals surface area (Å²) < 4.78 is 25.8. The minimum Gasteiger partial charge on any atom is -0.374 e. The first-order valence-corrected chi connectivity index (χ1v) is 13.1. The summed E-state index contributed by atoms with van der Waals surface area (Å²) in [5.41, 5.74) is 12.4. The molecule has 0 aromatic heterocycles. The summed E-state index contributed by atoms with van der Waals surface area (Å²) in [6, 6.07) is 29.4. The number of nitrogens with zero attached hydrogens (tertiary/aromatic N) is 3. The molecule has 5 atom stereocenters. The predicted octanol–water partition coefficient (Wildman–Crippen LogP) is 6.87. The average Bonchev–Trinajstić information content (AvgIpc) is 2.93. The molecular weight excluding hydrogens is 478 g/mol. The number of hydrogen-bond donors (Lipinski definition) is 0. The van der Waals surface area contributed by atoms with E-state index in [0.717, 1.165) is 16.7 Å². The van der Waals surface area contributed by atoms with Crippen molar-refractivity contribution in [3.63, 3.8) is 0 Å². The average molecular weight is 516 g/mol. The van der Waals surface area contributed by atoms with Crippen LogP contribution in [0, 0.1) is 5.41 Å². The van der Waals surface area contributed by atoms with E-state index in [4.69, 9.17) is 18.9 Å². The third kappa shape index (κ3) is 7.67. The highest BCUT2D eigenvalue weighted by Gasteiger charge is 2.50. The van der Waals surface area contributed by atoms with Gasteiger partial charge in [0.2, 0.25) is 0 Å². The Morgan fingerprint density at radius 3 is 1.68 bits per heavy atom. The Morgan fingerprint density at radius 1 is 0.737 bits per heavy atom. The van der Waals surface area contributed by atoms with Crippen molar-refractivity contribution < 1.29 is 18.9 Å². The van der Waals surface area contributed by atoms with Crippen molar-refractivity contribution in [2.45, 2.75) is 71.0 Å². The first-order chi connectivity index (χ1) is 18.5. The van der Waals surface area contributed by atoms with Crippen LogP contribution < -0.4 is 0 Å². The molecule has 0 radical (unpaired) electrons. The van der Waals surface area contributed by atoms with Gasteiger partial charge in [-0.25, -0.2) is 0 Å². The molecule has 0 aliphatic carbocycles. The maximum atomic E-state index is 9.51. The van der Waals surface area contributed by atoms with Gasteiger partial charge in [0.05, 0.1) is 44.7 Å². The Labute approximate surface area is 225 Å². The van der Waals surface area contributed by atoms with Gasteiger partial charge in [-0.3, -0.25) is 0 Å². The lowest BCUT2D eigenvalue weighted by atomic mass is 9.79. The molecule has 0 amide bonds. The second kappa shape index (κ2) is 13.6. The lowest BCUT2D eigenvalue weighted by Gasteiger charge is -2.49. The van der Waals surface area contributed by atoms with E-state index in [9.17, 15) is 5.53 Å². The zero-order chi connectivity index (χ0) is 26.8. The highest BCUT2D eigenvalue weighted by Crippen LogP contribution is 2.38. The van der Waals surface area contributed by atoms with Crippen molar-refractivity contribution in [3.05, 3.63) is 118 Å². The Kier molecular flexibility index (Phi) is 9.93. The second-order valence-corrected chi connectivity index (χ2v) is 10.7. The molecule has 1 heterocycles. The fraction of sp³-hybridized carbons (Fsp3) is 0.419. The molecule has 0 saturated carbocycles. The van der Waals surface area contributed by atoms with E-state index in [0.29, 0.717) is 26.4 Å². The highest BCUT2D eigenvalue weighted by molar-refractivity contribution is 5.16. The zero-order valence-electron chi connectivity index (χ0n) is 22.4. The number of rotatable bonds is 11. The Balaban J connectivity index is 1.61. The van der Waals surface area contributed by atoms with Gasteiger partial charge in [-0.15, -0.1) is 0 Å². The summed E-state index contributed by atoms with van der Waals surface area (Å²) in [7, 11) is 0. The van der Waals surface area contributed by atoms with Crippen LogP contribution in [0.25, 0.3) is 10.4 Å². The fourth-order valence-corrected chi connectivity index (χ4v) is 4.76. The molecule has 0 spiro atoms. The lowest BCUT2D eigenvalue weighted by Crippen LogP contribution is -2.62. The molecule has 0 N–H and O–H groups in total. The monoisotopic (exact) mass is 515 g/mol. The minimum atomic E-state index is -0.574. The minimum absolute atomic E-state index is 0.310. The summed E-state index contributed by atoms with van der Waals surface area (Å²) in [5.74, 6) is 0. The SMILES string of the molecule is CC(C)(C)[C@H]1OC(COCc2ccccc2)[C@@H](OCc2ccccc2)C(OCc2ccccc2)C1N=[N+]=[N-]. The van der Waals surface area contributed by atoms with E-state index in [-0.39, 0.29) is 11.5 Å². The van der Waals surface area contributed by atoms with Gasteiger partial charge in [-0.1, -0.05) is 117 Å². The van der Waals surface area contributed by atoms with Gasteiger partial charge in [0.15, 0.2) is 0 Å². The van der Waals surface area contributed by atoms with Gasteiger partial charge >= 0.3 is 0 Å². The first kappa shape index (κ1) is 27.8. The van der Waals surface area contributed by atoms with Crippen LogP contribution in [0.3, 0.4) is 0 Å². The van der Waals surface area contributed by atoms with E-state index in [2.05, 4.69) is 30.8 Å². The van der Waals surface area contributed by atoms with Crippen molar-refractivity contribution in [1.82, 2.24) is 0 Å². The molecule has 3 unspecified atom stereocenters. The number of ether oxygens (including phenoxy) is 4. The molecule has 3 aromatic carbocycles. The van der Waals surface area contributed by atoms with Crippen molar-refractivity contribution in [2.75, 3.05) is 6.61 Å². The smallest absolute Gasteiger partial charge is 0.113 e. The number of azide groups is 1. The molecule has 4 rings (SSSR count). The highest BCUT2D eigenvalue weighted by atomic mass is 16.6. The van der Waals surface area contributed by atoms with Gasteiger partial charge in [-0.2, -0.15) is 0 Å². The molecule has 200 valence electrons. The first-order valence-electron chi connectivity index (χ1n) is 13.1. The summed E-state index contributed by atoms with van der Waals surface area (Å²) >= 11 is 0. The Morgan fingerprint density at radius 2 is 1.21 bits per heavy atom. The van der Waals surface area contributed by atoms with E-state index >= 15 is 0 Å². The summed E-state index contributed by atoms with van der Waals surface area (Å²) in [6.07, 6.45) is -1.85. The van der Waals surface area contributed by atoms with Gasteiger partial charge in [0, 0.05) is 4.91 Å². The fourth-order valence-electron chi connectivity index (χ4n) is 4.76. The molecule has 0 bridgehead atoms. The van der Waals surface area contributed by atoms with Crippen LogP contribution >= 0.6 is 0 Å². The molecule has 1 aliphatic heterocycles. The maximum Gasteiger partial charge on any atom is 0.113 e. The van der Waals surface area contributed by atoms with E-state index in [1.807, 2.05) is 91.0 Å². The number of benzene rings is 3.